The van der Waals surface area contributed by atoms with Crippen molar-refractivity contribution >= 4 is 21.9 Å². The average Bonchev–Trinajstić information content (AvgIpc) is 2.38. The lowest BCUT2D eigenvalue weighted by Crippen LogP contribution is -2.30. The predicted octanol–water partition coefficient (Wildman–Crippen LogP) is 3.12. The number of hydrogen-bond acceptors (Lipinski definition) is 2. The van der Waals surface area contributed by atoms with Gasteiger partial charge in [-0.2, -0.15) is 0 Å². The van der Waals surface area contributed by atoms with Crippen LogP contribution >= 0.6 is 15.9 Å². The third kappa shape index (κ3) is 3.33. The number of hydrogen-bond donors (Lipinski definition) is 1. The van der Waals surface area contributed by atoms with Gasteiger partial charge in [-0.25, -0.2) is 0 Å². The Bertz CT molecular complexity index is 413. The Balaban J connectivity index is 2.11. The molecule has 18 heavy (non-hydrogen) atoms. The number of carboxylic acids is 1. The van der Waals surface area contributed by atoms with E-state index in [2.05, 4.69) is 15.9 Å². The molecule has 1 saturated heterocycles. The van der Waals surface area contributed by atoms with Crippen molar-refractivity contribution in [1.29, 1.82) is 0 Å². The van der Waals surface area contributed by atoms with E-state index in [9.17, 15) is 9.90 Å². The minimum absolute atomic E-state index is 0.225. The maximum atomic E-state index is 11.5. The standard InChI is InChI=1S/C14H17BrO3/c15-13-4-2-1-3-11(13)9-12(14(16)17)10-5-7-18-8-6-10/h1-4,10,12H,5-9H2,(H,16,17). The van der Waals surface area contributed by atoms with Crippen molar-refractivity contribution in [3.05, 3.63) is 34.3 Å². The number of ether oxygens (including phenoxy) is 1. The molecule has 0 spiro atoms. The molecule has 0 aromatic heterocycles. The SMILES string of the molecule is O=C(O)C(Cc1ccccc1Br)C1CCOCC1. The fourth-order valence-corrected chi connectivity index (χ4v) is 2.92. The van der Waals surface area contributed by atoms with Crippen molar-refractivity contribution in [3.63, 3.8) is 0 Å². The summed E-state index contributed by atoms with van der Waals surface area (Å²) in [5.41, 5.74) is 1.07. The van der Waals surface area contributed by atoms with Crippen molar-refractivity contribution in [2.45, 2.75) is 19.3 Å². The van der Waals surface area contributed by atoms with Gasteiger partial charge < -0.3 is 9.84 Å². The maximum absolute atomic E-state index is 11.5. The zero-order valence-electron chi connectivity index (χ0n) is 10.1. The van der Waals surface area contributed by atoms with Crippen molar-refractivity contribution in [2.75, 3.05) is 13.2 Å². The molecule has 0 amide bonds. The van der Waals surface area contributed by atoms with Gasteiger partial charge in [0, 0.05) is 17.7 Å². The van der Waals surface area contributed by atoms with Gasteiger partial charge in [-0.15, -0.1) is 0 Å². The molecule has 98 valence electrons. The minimum atomic E-state index is -0.697. The lowest BCUT2D eigenvalue weighted by atomic mass is 9.82. The van der Waals surface area contributed by atoms with Gasteiger partial charge in [0.2, 0.25) is 0 Å². The summed E-state index contributed by atoms with van der Waals surface area (Å²) in [5, 5.41) is 9.42. The highest BCUT2D eigenvalue weighted by Crippen LogP contribution is 2.29. The first-order chi connectivity index (χ1) is 8.68. The van der Waals surface area contributed by atoms with E-state index in [0.717, 1.165) is 22.9 Å². The highest BCUT2D eigenvalue weighted by atomic mass is 79.9. The number of rotatable bonds is 4. The summed E-state index contributed by atoms with van der Waals surface area (Å²) in [5.74, 6) is -0.784. The smallest absolute Gasteiger partial charge is 0.307 e. The second-order valence-corrected chi connectivity index (χ2v) is 5.54. The Labute approximate surface area is 115 Å². The number of aliphatic carboxylic acids is 1. The molecule has 1 N–H and O–H groups in total. The molecule has 1 aromatic rings. The molecule has 1 heterocycles. The van der Waals surface area contributed by atoms with E-state index < -0.39 is 5.97 Å². The van der Waals surface area contributed by atoms with Crippen LogP contribution in [0.3, 0.4) is 0 Å². The Kier molecular flexibility index (Phi) is 4.78. The second-order valence-electron chi connectivity index (χ2n) is 4.69. The normalized spacial score (nSPS) is 18.5. The first-order valence-electron chi connectivity index (χ1n) is 6.22. The summed E-state index contributed by atoms with van der Waals surface area (Å²) in [6.07, 6.45) is 2.28. The van der Waals surface area contributed by atoms with E-state index in [1.807, 2.05) is 24.3 Å². The summed E-state index contributed by atoms with van der Waals surface area (Å²) >= 11 is 3.48. The summed E-state index contributed by atoms with van der Waals surface area (Å²) in [6.45, 7) is 1.37. The Morgan fingerprint density at radius 3 is 2.67 bits per heavy atom. The molecule has 0 bridgehead atoms. The van der Waals surface area contributed by atoms with Crippen molar-refractivity contribution in [1.82, 2.24) is 0 Å². The van der Waals surface area contributed by atoms with Gasteiger partial charge in [0.25, 0.3) is 0 Å². The van der Waals surface area contributed by atoms with Gasteiger partial charge in [-0.1, -0.05) is 34.1 Å². The van der Waals surface area contributed by atoms with Crippen LogP contribution in [0.2, 0.25) is 0 Å². The van der Waals surface area contributed by atoms with Crippen molar-refractivity contribution in [2.24, 2.45) is 11.8 Å². The molecule has 3 nitrogen and oxygen atoms in total. The number of carboxylic acid groups (broad SMARTS) is 1. The van der Waals surface area contributed by atoms with Crippen LogP contribution in [0.25, 0.3) is 0 Å². The number of halogens is 1. The Morgan fingerprint density at radius 1 is 1.39 bits per heavy atom. The highest BCUT2D eigenvalue weighted by Gasteiger charge is 2.30. The fourth-order valence-electron chi connectivity index (χ4n) is 2.47. The molecular weight excluding hydrogens is 296 g/mol. The topological polar surface area (TPSA) is 46.5 Å². The minimum Gasteiger partial charge on any atom is -0.481 e. The third-order valence-electron chi connectivity index (χ3n) is 3.55. The molecule has 1 aliphatic rings. The van der Waals surface area contributed by atoms with Gasteiger partial charge in [-0.05, 0) is 36.8 Å². The number of carbonyl (C=O) groups is 1. The van der Waals surface area contributed by atoms with Crippen LogP contribution in [0.5, 0.6) is 0 Å². The van der Waals surface area contributed by atoms with Gasteiger partial charge in [-0.3, -0.25) is 4.79 Å². The van der Waals surface area contributed by atoms with Crippen LogP contribution in [0, 0.1) is 11.8 Å². The van der Waals surface area contributed by atoms with E-state index in [1.165, 1.54) is 0 Å². The highest BCUT2D eigenvalue weighted by molar-refractivity contribution is 9.10. The fraction of sp³-hybridized carbons (Fsp3) is 0.500. The summed E-state index contributed by atoms with van der Waals surface area (Å²) < 4.78 is 6.29. The van der Waals surface area contributed by atoms with E-state index in [4.69, 9.17) is 4.74 Å². The van der Waals surface area contributed by atoms with Gasteiger partial charge in [0.05, 0.1) is 5.92 Å². The lowest BCUT2D eigenvalue weighted by molar-refractivity contribution is -0.145. The number of benzene rings is 1. The van der Waals surface area contributed by atoms with Crippen LogP contribution < -0.4 is 0 Å². The summed E-state index contributed by atoms with van der Waals surface area (Å²) in [6, 6.07) is 7.83. The molecule has 0 saturated carbocycles. The molecule has 2 rings (SSSR count). The molecular formula is C14H17BrO3. The monoisotopic (exact) mass is 312 g/mol. The molecule has 1 fully saturated rings. The third-order valence-corrected chi connectivity index (χ3v) is 4.32. The molecule has 1 unspecified atom stereocenters. The van der Waals surface area contributed by atoms with Crippen LogP contribution in [-0.2, 0) is 16.0 Å². The summed E-state index contributed by atoms with van der Waals surface area (Å²) in [7, 11) is 0. The zero-order valence-corrected chi connectivity index (χ0v) is 11.7. The first-order valence-corrected chi connectivity index (χ1v) is 7.01. The molecule has 4 heteroatoms. The van der Waals surface area contributed by atoms with Crippen molar-refractivity contribution in [3.8, 4) is 0 Å². The maximum Gasteiger partial charge on any atom is 0.307 e. The quantitative estimate of drug-likeness (QED) is 0.929. The Hall–Kier alpha value is -0.870. The van der Waals surface area contributed by atoms with Crippen LogP contribution in [-0.4, -0.2) is 24.3 Å². The Morgan fingerprint density at radius 2 is 2.06 bits per heavy atom. The van der Waals surface area contributed by atoms with Gasteiger partial charge in [0.1, 0.15) is 0 Å². The average molecular weight is 313 g/mol. The lowest BCUT2D eigenvalue weighted by Gasteiger charge is -2.27. The molecule has 0 aliphatic carbocycles. The predicted molar refractivity (Wildman–Crippen MR) is 72.5 cm³/mol. The second kappa shape index (κ2) is 6.34. The largest absolute Gasteiger partial charge is 0.481 e. The van der Waals surface area contributed by atoms with E-state index in [-0.39, 0.29) is 11.8 Å². The van der Waals surface area contributed by atoms with Crippen LogP contribution in [0.15, 0.2) is 28.7 Å². The first kappa shape index (κ1) is 13.6. The molecule has 1 aliphatic heterocycles. The summed E-state index contributed by atoms with van der Waals surface area (Å²) in [4.78, 5) is 11.5. The van der Waals surface area contributed by atoms with E-state index in [1.54, 1.807) is 0 Å². The van der Waals surface area contributed by atoms with Crippen LogP contribution in [0.1, 0.15) is 18.4 Å². The molecule has 1 aromatic carbocycles. The molecule has 0 radical (unpaired) electrons. The van der Waals surface area contributed by atoms with E-state index >= 15 is 0 Å². The van der Waals surface area contributed by atoms with Crippen LogP contribution in [0.4, 0.5) is 0 Å². The van der Waals surface area contributed by atoms with Gasteiger partial charge >= 0.3 is 5.97 Å². The van der Waals surface area contributed by atoms with Crippen molar-refractivity contribution < 1.29 is 14.6 Å². The van der Waals surface area contributed by atoms with E-state index in [0.29, 0.717) is 19.6 Å². The zero-order chi connectivity index (χ0) is 13.0. The van der Waals surface area contributed by atoms with Gasteiger partial charge in [0.15, 0.2) is 0 Å². The molecule has 1 atom stereocenters.